The summed E-state index contributed by atoms with van der Waals surface area (Å²) in [6, 6.07) is 11.9. The Morgan fingerprint density at radius 1 is 0.900 bits per heavy atom. The van der Waals surface area contributed by atoms with Crippen molar-refractivity contribution in [2.24, 2.45) is 0 Å². The van der Waals surface area contributed by atoms with Crippen molar-refractivity contribution in [3.63, 3.8) is 0 Å². The molecule has 3 atom stereocenters. The number of benzene rings is 3. The van der Waals surface area contributed by atoms with Gasteiger partial charge in [0.2, 0.25) is 0 Å². The van der Waals surface area contributed by atoms with E-state index in [2.05, 4.69) is 16.1 Å². The summed E-state index contributed by atoms with van der Waals surface area (Å²) in [6.07, 6.45) is 7.94. The number of carbonyl (C=O) groups excluding carboxylic acids is 1. The summed E-state index contributed by atoms with van der Waals surface area (Å²) in [6.45, 7) is 12.1. The summed E-state index contributed by atoms with van der Waals surface area (Å²) in [5, 5.41) is 11.0. The van der Waals surface area contributed by atoms with Gasteiger partial charge in [-0.3, -0.25) is 4.57 Å². The van der Waals surface area contributed by atoms with Crippen LogP contribution >= 0.6 is 0 Å². The largest absolute Gasteiger partial charge is 0.486 e. The van der Waals surface area contributed by atoms with Gasteiger partial charge in [0.15, 0.2) is 17.8 Å². The number of anilines is 1. The Bertz CT molecular complexity index is 3040. The molecule has 0 N–H and O–H groups in total. The van der Waals surface area contributed by atoms with E-state index >= 15 is 4.39 Å². The van der Waals surface area contributed by atoms with Crippen molar-refractivity contribution >= 4 is 33.7 Å². The Balaban J connectivity index is 0.995. The Morgan fingerprint density at radius 3 is 2.44 bits per heavy atom. The minimum absolute atomic E-state index is 0.0202. The molecule has 3 aromatic heterocycles. The molecule has 8 heterocycles. The zero-order valence-electron chi connectivity index (χ0n) is 40.3. The summed E-state index contributed by atoms with van der Waals surface area (Å²) >= 11 is 0. The van der Waals surface area contributed by atoms with Crippen LogP contribution in [0.4, 0.5) is 15.0 Å². The highest BCUT2D eigenvalue weighted by atomic mass is 19.1. The number of hydrogen-bond acceptors (Lipinski definition) is 13. The number of carbonyl (C=O) groups is 1. The number of ether oxygens (including phenoxy) is 6. The highest BCUT2D eigenvalue weighted by molar-refractivity contribution is 6.06. The predicted molar refractivity (Wildman–Crippen MR) is 257 cm³/mol. The Kier molecular flexibility index (Phi) is 11.5. The third-order valence-corrected chi connectivity index (χ3v) is 14.7. The van der Waals surface area contributed by atoms with E-state index in [9.17, 15) is 9.59 Å². The van der Waals surface area contributed by atoms with Crippen LogP contribution in [0.15, 0.2) is 47.4 Å². The molecule has 5 aliphatic heterocycles. The van der Waals surface area contributed by atoms with E-state index in [1.807, 2.05) is 67.7 Å². The third-order valence-electron chi connectivity index (χ3n) is 14.7. The van der Waals surface area contributed by atoms with E-state index in [1.54, 1.807) is 10.6 Å². The first-order chi connectivity index (χ1) is 33.9. The number of piperazine rings is 1. The predicted octanol–water partition coefficient (Wildman–Crippen LogP) is 7.94. The number of amides is 1. The molecule has 5 fully saturated rings. The molecule has 0 spiro atoms. The van der Waals surface area contributed by atoms with Gasteiger partial charge in [0.05, 0.1) is 56.7 Å². The second-order valence-electron chi connectivity index (χ2n) is 20.8. The van der Waals surface area contributed by atoms with E-state index in [0.29, 0.717) is 106 Å². The quantitative estimate of drug-likeness (QED) is 0.123. The fourth-order valence-electron chi connectivity index (χ4n) is 11.1. The van der Waals surface area contributed by atoms with Gasteiger partial charge in [-0.15, -0.1) is 0 Å². The van der Waals surface area contributed by atoms with Crippen LogP contribution in [0.3, 0.4) is 0 Å². The van der Waals surface area contributed by atoms with Gasteiger partial charge >= 0.3 is 17.8 Å². The summed E-state index contributed by atoms with van der Waals surface area (Å²) in [7, 11) is 0. The lowest BCUT2D eigenvalue weighted by Crippen LogP contribution is -2.50. The topological polar surface area (TPSA) is 162 Å². The smallest absolute Gasteiger partial charge is 0.410 e. The number of nitrogens with zero attached hydrogens (tertiary/aromatic N) is 9. The maximum absolute atomic E-state index is 16.8. The van der Waals surface area contributed by atoms with Crippen molar-refractivity contribution in [2.45, 2.75) is 141 Å². The summed E-state index contributed by atoms with van der Waals surface area (Å²) in [4.78, 5) is 41.3. The second kappa shape index (κ2) is 17.9. The molecule has 1 aliphatic carbocycles. The number of likely N-dealkylation sites (tertiary alicyclic amines) is 1. The van der Waals surface area contributed by atoms with Crippen molar-refractivity contribution in [1.82, 2.24) is 39.0 Å². The summed E-state index contributed by atoms with van der Waals surface area (Å²) in [5.74, 6) is 1.70. The Hall–Kier alpha value is -6.11. The van der Waals surface area contributed by atoms with Crippen molar-refractivity contribution in [1.29, 1.82) is 0 Å². The molecule has 6 aliphatic rings. The highest BCUT2D eigenvalue weighted by Gasteiger charge is 2.48. The average molecular weight is 958 g/mol. The number of aromatic nitrogens is 7. The molecule has 4 saturated heterocycles. The maximum Gasteiger partial charge on any atom is 0.410 e. The molecule has 0 radical (unpaired) electrons. The van der Waals surface area contributed by atoms with Crippen LogP contribution in [0.5, 0.6) is 11.8 Å². The summed E-state index contributed by atoms with van der Waals surface area (Å²) < 4.78 is 59.0. The molecule has 6 aromatic rings. The van der Waals surface area contributed by atoms with Gasteiger partial charge in [-0.25, -0.2) is 23.3 Å². The minimum atomic E-state index is -0.613. The molecule has 12 rings (SSSR count). The van der Waals surface area contributed by atoms with Crippen molar-refractivity contribution in [3.8, 4) is 22.9 Å². The van der Waals surface area contributed by atoms with E-state index in [4.69, 9.17) is 43.5 Å². The highest BCUT2D eigenvalue weighted by Crippen LogP contribution is 2.54. The van der Waals surface area contributed by atoms with E-state index < -0.39 is 5.60 Å². The molecule has 368 valence electrons. The van der Waals surface area contributed by atoms with Crippen molar-refractivity contribution in [2.75, 3.05) is 44.4 Å². The van der Waals surface area contributed by atoms with Gasteiger partial charge in [-0.05, 0) is 100 Å². The molecule has 3 aromatic carbocycles. The minimum Gasteiger partial charge on any atom is -0.486 e. The SMILES string of the molecule is Cc1c(F)cc2c(cnn2C2CCCCO2)c1-c1c(C2CC2)cc2c(N3C[C@@H]4C[C@H]3CN4C(=O)OC(C)(C)C)nc(OC3CCOCC3)nc2c1OCc1ccc(Cn2nc3n(c2=O)CCOC3)cc1. The van der Waals surface area contributed by atoms with Crippen LogP contribution in [0.1, 0.15) is 112 Å². The van der Waals surface area contributed by atoms with Crippen LogP contribution in [0.25, 0.3) is 32.9 Å². The molecule has 1 amide bonds. The average Bonchev–Trinajstić information content (AvgIpc) is 3.62. The Morgan fingerprint density at radius 2 is 1.71 bits per heavy atom. The molecule has 1 saturated carbocycles. The van der Waals surface area contributed by atoms with Gasteiger partial charge in [-0.1, -0.05) is 24.3 Å². The van der Waals surface area contributed by atoms with E-state index in [1.165, 1.54) is 4.68 Å². The van der Waals surface area contributed by atoms with Crippen LogP contribution in [-0.2, 0) is 45.3 Å². The van der Waals surface area contributed by atoms with E-state index in [-0.39, 0.29) is 60.6 Å². The van der Waals surface area contributed by atoms with Crippen LogP contribution in [0, 0.1) is 12.7 Å². The molecule has 2 bridgehead atoms. The molecule has 18 heteroatoms. The number of fused-ring (bicyclic) bond motifs is 5. The lowest BCUT2D eigenvalue weighted by molar-refractivity contribution is -0.0366. The standard InChI is InChI=1S/C52H60FN9O8/c1-30-40(53)23-41-39(24-54-62(41)43-7-5-6-17-67-43)44(30)45-37(33-12-13-33)22-38-46(47(45)68-28-32-10-8-31(9-11-32)25-61-50(63)58-16-20-66-29-42(58)57-61)55-49(69-36-14-18-65-19-15-36)56-48(38)59-26-35-21-34(59)27-60(35)51(64)70-52(2,3)4/h8-11,22-24,33-36,43H,5-7,12-21,25-29H2,1-4H3/t34-,35-,43?/m0/s1. The fraction of sp³-hybridized carbons (Fsp3) is 0.538. The molecule has 1 unspecified atom stereocenters. The molecule has 70 heavy (non-hydrogen) atoms. The van der Waals surface area contributed by atoms with Gasteiger partial charge in [0, 0.05) is 60.5 Å². The van der Waals surface area contributed by atoms with Crippen LogP contribution in [-0.4, -0.2) is 108 Å². The number of rotatable bonds is 11. The maximum atomic E-state index is 16.8. The monoisotopic (exact) mass is 957 g/mol. The van der Waals surface area contributed by atoms with Crippen molar-refractivity contribution in [3.05, 3.63) is 87.0 Å². The number of hydrogen-bond donors (Lipinski definition) is 0. The van der Waals surface area contributed by atoms with Crippen LogP contribution < -0.4 is 20.1 Å². The van der Waals surface area contributed by atoms with E-state index in [0.717, 1.165) is 77.4 Å². The zero-order valence-corrected chi connectivity index (χ0v) is 40.3. The van der Waals surface area contributed by atoms with Gasteiger partial charge in [0.25, 0.3) is 0 Å². The first kappa shape index (κ1) is 45.1. The number of halogens is 1. The van der Waals surface area contributed by atoms with Gasteiger partial charge in [-0.2, -0.15) is 20.2 Å². The fourth-order valence-corrected chi connectivity index (χ4v) is 11.1. The van der Waals surface area contributed by atoms with Gasteiger partial charge < -0.3 is 38.2 Å². The normalized spacial score (nSPS) is 21.8. The lowest BCUT2D eigenvalue weighted by Gasteiger charge is -2.36. The third kappa shape index (κ3) is 8.44. The molecule has 17 nitrogen and oxygen atoms in total. The first-order valence-corrected chi connectivity index (χ1v) is 25.1. The lowest BCUT2D eigenvalue weighted by atomic mass is 9.88. The molecular formula is C52H60FN9O8. The Labute approximate surface area is 404 Å². The first-order valence-electron chi connectivity index (χ1n) is 25.1. The van der Waals surface area contributed by atoms with Gasteiger partial charge in [0.1, 0.15) is 42.1 Å². The van der Waals surface area contributed by atoms with Crippen LogP contribution in [0.2, 0.25) is 0 Å². The molecular weight excluding hydrogens is 898 g/mol. The van der Waals surface area contributed by atoms with Crippen molar-refractivity contribution < 1.29 is 37.6 Å². The second-order valence-corrected chi connectivity index (χ2v) is 20.8. The summed E-state index contributed by atoms with van der Waals surface area (Å²) in [5.41, 5.74) is 5.28. The zero-order chi connectivity index (χ0) is 47.8.